The zero-order chi connectivity index (χ0) is 17.3. The second-order valence-corrected chi connectivity index (χ2v) is 6.44. The molecule has 0 radical (unpaired) electrons. The lowest BCUT2D eigenvalue weighted by Gasteiger charge is -2.01. The fourth-order valence-electron chi connectivity index (χ4n) is 1.96. The summed E-state index contributed by atoms with van der Waals surface area (Å²) >= 11 is 13.2. The monoisotopic (exact) mass is 382 g/mol. The predicted molar refractivity (Wildman–Crippen MR) is 95.6 cm³/mol. The largest absolute Gasteiger partial charge is 0.502 e. The first-order chi connectivity index (χ1) is 11.5. The molecule has 0 spiro atoms. The molecular formula is C14H8Cl2N4O3S. The lowest BCUT2D eigenvalue weighted by atomic mass is 10.2. The van der Waals surface area contributed by atoms with Gasteiger partial charge in [-0.25, -0.2) is 4.98 Å². The summed E-state index contributed by atoms with van der Waals surface area (Å²) in [5.74, 6) is -0.512. The summed E-state index contributed by atoms with van der Waals surface area (Å²) in [5, 5.41) is 25.9. The maximum absolute atomic E-state index is 10.9. The summed E-state index contributed by atoms with van der Waals surface area (Å²) in [4.78, 5) is 14.4. The second-order valence-electron chi connectivity index (χ2n) is 4.60. The van der Waals surface area contributed by atoms with Crippen molar-refractivity contribution >= 4 is 61.8 Å². The number of nitrogens with one attached hydrogen (secondary N) is 1. The van der Waals surface area contributed by atoms with Crippen molar-refractivity contribution in [1.29, 1.82) is 0 Å². The zero-order valence-corrected chi connectivity index (χ0v) is 14.1. The third-order valence-electron chi connectivity index (χ3n) is 3.01. The maximum Gasteiger partial charge on any atom is 0.312 e. The van der Waals surface area contributed by atoms with Crippen LogP contribution in [0, 0.1) is 10.1 Å². The van der Waals surface area contributed by atoms with Crippen molar-refractivity contribution in [2.75, 3.05) is 5.43 Å². The average molecular weight is 383 g/mol. The van der Waals surface area contributed by atoms with Crippen LogP contribution in [-0.4, -0.2) is 21.2 Å². The van der Waals surface area contributed by atoms with Crippen LogP contribution in [-0.2, 0) is 0 Å². The van der Waals surface area contributed by atoms with E-state index in [0.717, 1.165) is 16.3 Å². The molecule has 2 N–H and O–H groups in total. The Balaban J connectivity index is 1.86. The Morgan fingerprint density at radius 1 is 1.38 bits per heavy atom. The van der Waals surface area contributed by atoms with Crippen molar-refractivity contribution in [3.8, 4) is 5.75 Å². The molecule has 1 aromatic heterocycles. The van der Waals surface area contributed by atoms with E-state index in [1.54, 1.807) is 12.1 Å². The highest BCUT2D eigenvalue weighted by Gasteiger charge is 2.17. The van der Waals surface area contributed by atoms with Gasteiger partial charge in [0, 0.05) is 16.7 Å². The molecule has 0 aliphatic rings. The van der Waals surface area contributed by atoms with Gasteiger partial charge in [-0.1, -0.05) is 40.6 Å². The average Bonchev–Trinajstić information content (AvgIpc) is 2.94. The van der Waals surface area contributed by atoms with Gasteiger partial charge >= 0.3 is 5.69 Å². The quantitative estimate of drug-likeness (QED) is 0.388. The number of anilines is 1. The van der Waals surface area contributed by atoms with E-state index in [0.29, 0.717) is 10.2 Å². The number of fused-ring (bicyclic) bond motifs is 1. The zero-order valence-electron chi connectivity index (χ0n) is 11.7. The molecule has 0 bridgehead atoms. The van der Waals surface area contributed by atoms with E-state index >= 15 is 0 Å². The second kappa shape index (κ2) is 6.60. The Morgan fingerprint density at radius 3 is 2.88 bits per heavy atom. The number of phenolic OH excluding ortho intramolecular Hbond substituents is 1. The highest BCUT2D eigenvalue weighted by Crippen LogP contribution is 2.33. The number of aromatic hydroxyl groups is 1. The van der Waals surface area contributed by atoms with E-state index in [-0.39, 0.29) is 10.6 Å². The van der Waals surface area contributed by atoms with Crippen molar-refractivity contribution in [3.05, 3.63) is 56.1 Å². The number of phenols is 1. The van der Waals surface area contributed by atoms with Crippen LogP contribution < -0.4 is 5.43 Å². The van der Waals surface area contributed by atoms with E-state index < -0.39 is 16.4 Å². The first kappa shape index (κ1) is 16.4. The number of hydrazone groups is 1. The fourth-order valence-corrected chi connectivity index (χ4v) is 3.29. The highest BCUT2D eigenvalue weighted by molar-refractivity contribution is 7.22. The molecule has 0 saturated carbocycles. The Bertz CT molecular complexity index is 974. The summed E-state index contributed by atoms with van der Waals surface area (Å²) in [5.41, 5.74) is 3.05. The number of hydrogen-bond donors (Lipinski definition) is 2. The summed E-state index contributed by atoms with van der Waals surface area (Å²) < 4.78 is 0.818. The molecule has 3 rings (SSSR count). The van der Waals surface area contributed by atoms with Crippen molar-refractivity contribution in [1.82, 2.24) is 4.98 Å². The fraction of sp³-hybridized carbons (Fsp3) is 0. The molecule has 0 unspecified atom stereocenters. The van der Waals surface area contributed by atoms with Crippen molar-refractivity contribution in [2.24, 2.45) is 5.10 Å². The molecule has 122 valence electrons. The van der Waals surface area contributed by atoms with Gasteiger partial charge in [-0.05, 0) is 18.2 Å². The van der Waals surface area contributed by atoms with Crippen LogP contribution in [0.3, 0.4) is 0 Å². The lowest BCUT2D eigenvalue weighted by molar-refractivity contribution is -0.385. The Labute approximate surface area is 149 Å². The molecule has 24 heavy (non-hydrogen) atoms. The van der Waals surface area contributed by atoms with E-state index in [1.807, 2.05) is 6.07 Å². The van der Waals surface area contributed by atoms with E-state index in [1.165, 1.54) is 23.6 Å². The van der Waals surface area contributed by atoms with Crippen LogP contribution in [0.4, 0.5) is 10.8 Å². The maximum atomic E-state index is 10.9. The topological polar surface area (TPSA) is 101 Å². The van der Waals surface area contributed by atoms with E-state index in [4.69, 9.17) is 23.2 Å². The lowest BCUT2D eigenvalue weighted by Crippen LogP contribution is -1.94. The third kappa shape index (κ3) is 3.25. The smallest absolute Gasteiger partial charge is 0.312 e. The normalized spacial score (nSPS) is 11.2. The van der Waals surface area contributed by atoms with Gasteiger partial charge in [0.2, 0.25) is 10.9 Å². The number of halogens is 2. The number of hydrogen-bond acceptors (Lipinski definition) is 7. The standard InChI is InChI=1S/C14H8Cl2N4O3S/c15-8-4-7(12(21)11(5-8)20(22)23)6-17-19-14-18-10-3-1-2-9(16)13(10)24-14/h1-6,21H,(H,18,19). The molecule has 2 aromatic carbocycles. The van der Waals surface area contributed by atoms with Crippen LogP contribution in [0.2, 0.25) is 10.0 Å². The molecule has 0 fully saturated rings. The minimum Gasteiger partial charge on any atom is -0.502 e. The first-order valence-electron chi connectivity index (χ1n) is 6.46. The summed E-state index contributed by atoms with van der Waals surface area (Å²) in [6.07, 6.45) is 1.22. The number of nitrogens with zero attached hydrogens (tertiary/aromatic N) is 3. The Morgan fingerprint density at radius 2 is 2.17 bits per heavy atom. The van der Waals surface area contributed by atoms with Crippen molar-refractivity contribution < 1.29 is 10.0 Å². The van der Waals surface area contributed by atoms with Gasteiger partial charge in [-0.2, -0.15) is 5.10 Å². The molecule has 0 aliphatic carbocycles. The van der Waals surface area contributed by atoms with Gasteiger partial charge in [0.05, 0.1) is 26.4 Å². The minimum atomic E-state index is -0.721. The van der Waals surface area contributed by atoms with Gasteiger partial charge in [-0.3, -0.25) is 15.5 Å². The van der Waals surface area contributed by atoms with E-state index in [9.17, 15) is 15.2 Å². The van der Waals surface area contributed by atoms with Crippen molar-refractivity contribution in [3.63, 3.8) is 0 Å². The van der Waals surface area contributed by atoms with Gasteiger partial charge in [-0.15, -0.1) is 0 Å². The number of benzene rings is 2. The van der Waals surface area contributed by atoms with Crippen LogP contribution in [0.5, 0.6) is 5.75 Å². The Kier molecular flexibility index (Phi) is 4.52. The highest BCUT2D eigenvalue weighted by atomic mass is 35.5. The van der Waals surface area contributed by atoms with Crippen LogP contribution in [0.1, 0.15) is 5.56 Å². The summed E-state index contributed by atoms with van der Waals surface area (Å²) in [6, 6.07) is 7.80. The summed E-state index contributed by atoms with van der Waals surface area (Å²) in [6.45, 7) is 0. The third-order valence-corrected chi connectivity index (χ3v) is 4.67. The molecular weight excluding hydrogens is 375 g/mol. The number of thiazole rings is 1. The van der Waals surface area contributed by atoms with Crippen LogP contribution in [0.15, 0.2) is 35.4 Å². The van der Waals surface area contributed by atoms with Crippen LogP contribution in [0.25, 0.3) is 10.2 Å². The SMILES string of the molecule is O=[N+]([O-])c1cc(Cl)cc(C=NNc2nc3cccc(Cl)c3s2)c1O. The molecule has 0 saturated heterocycles. The van der Waals surface area contributed by atoms with E-state index in [2.05, 4.69) is 15.5 Å². The minimum absolute atomic E-state index is 0.112. The predicted octanol–water partition coefficient (Wildman–Crippen LogP) is 4.66. The van der Waals surface area contributed by atoms with Crippen molar-refractivity contribution in [2.45, 2.75) is 0 Å². The van der Waals surface area contributed by atoms with Gasteiger partial charge in [0.1, 0.15) is 0 Å². The first-order valence-corrected chi connectivity index (χ1v) is 8.04. The molecule has 0 atom stereocenters. The molecule has 0 amide bonds. The number of rotatable bonds is 4. The van der Waals surface area contributed by atoms with Crippen LogP contribution >= 0.6 is 34.5 Å². The molecule has 3 aromatic rings. The number of nitro groups is 1. The van der Waals surface area contributed by atoms with Gasteiger partial charge < -0.3 is 5.11 Å². The molecule has 7 nitrogen and oxygen atoms in total. The van der Waals surface area contributed by atoms with Gasteiger partial charge in [0.15, 0.2) is 0 Å². The molecule has 10 heteroatoms. The summed E-state index contributed by atoms with van der Waals surface area (Å²) in [7, 11) is 0. The number of aromatic nitrogens is 1. The number of nitro benzene ring substituents is 1. The molecule has 1 heterocycles. The Hall–Kier alpha value is -2.42. The molecule has 0 aliphatic heterocycles. The van der Waals surface area contributed by atoms with Gasteiger partial charge in [0.25, 0.3) is 0 Å².